The van der Waals surface area contributed by atoms with Crippen molar-refractivity contribution in [2.75, 3.05) is 4.90 Å². The van der Waals surface area contributed by atoms with E-state index in [-0.39, 0.29) is 35.5 Å². The smallest absolute Gasteiger partial charge is 0.238 e. The maximum atomic E-state index is 12.6. The number of nitrogens with zero attached hydrogens (tertiary/aromatic N) is 1. The molecule has 1 aromatic rings. The number of fused-ring (bicyclic) bond motifs is 5. The summed E-state index contributed by atoms with van der Waals surface area (Å²) in [4.78, 5) is 26.5. The zero-order valence-corrected chi connectivity index (χ0v) is 11.9. The lowest BCUT2D eigenvalue weighted by Crippen LogP contribution is -2.33. The zero-order valence-electron chi connectivity index (χ0n) is 10.4. The summed E-state index contributed by atoms with van der Waals surface area (Å²) in [6, 6.07) is 4.99. The molecule has 1 saturated carbocycles. The van der Waals surface area contributed by atoms with Crippen molar-refractivity contribution in [1.82, 2.24) is 0 Å². The highest BCUT2D eigenvalue weighted by atomic mass is 35.5. The first-order chi connectivity index (χ1) is 9.59. The van der Waals surface area contributed by atoms with E-state index in [2.05, 4.69) is 12.2 Å². The minimum atomic E-state index is -0.232. The molecule has 1 saturated heterocycles. The third-order valence-corrected chi connectivity index (χ3v) is 5.24. The largest absolute Gasteiger partial charge is 0.274 e. The first-order valence-corrected chi connectivity index (χ1v) is 7.35. The van der Waals surface area contributed by atoms with E-state index in [9.17, 15) is 9.59 Å². The number of halogens is 2. The summed E-state index contributed by atoms with van der Waals surface area (Å²) >= 11 is 12.3. The number of carbonyl (C=O) groups excluding carboxylic acids is 2. The van der Waals surface area contributed by atoms with E-state index in [1.807, 2.05) is 0 Å². The van der Waals surface area contributed by atoms with Crippen molar-refractivity contribution in [1.29, 1.82) is 0 Å². The topological polar surface area (TPSA) is 37.4 Å². The van der Waals surface area contributed by atoms with Gasteiger partial charge in [0.25, 0.3) is 0 Å². The Bertz CT molecular complexity index is 620. The lowest BCUT2D eigenvalue weighted by Gasteiger charge is -2.19. The van der Waals surface area contributed by atoms with Crippen molar-refractivity contribution in [3.8, 4) is 0 Å². The molecular weight excluding hydrogens is 297 g/mol. The number of benzene rings is 1. The minimum Gasteiger partial charge on any atom is -0.274 e. The number of allylic oxidation sites excluding steroid dienone is 2. The molecule has 3 aliphatic rings. The molecule has 102 valence electrons. The standard InChI is InChI=1S/C15H11Cl2NO2/c16-9-2-1-3-10(17)13(9)18-14(19)11-7-4-5-8(6-7)12(11)15(18)20/h1-5,7-8,11-12H,6H2/t7-,8+,11-,12-/m0/s1. The molecule has 3 nitrogen and oxygen atoms in total. The predicted molar refractivity (Wildman–Crippen MR) is 76.7 cm³/mol. The summed E-state index contributed by atoms with van der Waals surface area (Å²) in [5, 5.41) is 0.666. The predicted octanol–water partition coefficient (Wildman–Crippen LogP) is 3.30. The van der Waals surface area contributed by atoms with Gasteiger partial charge in [-0.15, -0.1) is 0 Å². The molecule has 20 heavy (non-hydrogen) atoms. The Morgan fingerprint density at radius 1 is 0.950 bits per heavy atom. The van der Waals surface area contributed by atoms with E-state index < -0.39 is 0 Å². The fraction of sp³-hybridized carbons (Fsp3) is 0.333. The Hall–Kier alpha value is -1.32. The van der Waals surface area contributed by atoms with Crippen molar-refractivity contribution in [2.24, 2.45) is 23.7 Å². The second kappa shape index (κ2) is 4.09. The highest BCUT2D eigenvalue weighted by Gasteiger charge is 2.60. The van der Waals surface area contributed by atoms with Gasteiger partial charge in [-0.05, 0) is 30.4 Å². The van der Waals surface area contributed by atoms with Crippen LogP contribution in [0.25, 0.3) is 0 Å². The number of carbonyl (C=O) groups is 2. The molecule has 5 heteroatoms. The van der Waals surface area contributed by atoms with Gasteiger partial charge in [-0.25, -0.2) is 4.90 Å². The molecule has 2 fully saturated rings. The first kappa shape index (κ1) is 12.4. The monoisotopic (exact) mass is 307 g/mol. The quantitative estimate of drug-likeness (QED) is 0.589. The summed E-state index contributed by atoms with van der Waals surface area (Å²) < 4.78 is 0. The summed E-state index contributed by atoms with van der Waals surface area (Å²) in [6.45, 7) is 0. The summed E-state index contributed by atoms with van der Waals surface area (Å²) in [5.74, 6) is -0.409. The highest BCUT2D eigenvalue weighted by Crippen LogP contribution is 2.54. The maximum Gasteiger partial charge on any atom is 0.238 e. The van der Waals surface area contributed by atoms with Crippen LogP contribution in [-0.2, 0) is 9.59 Å². The number of imide groups is 1. The third-order valence-electron chi connectivity index (χ3n) is 4.63. The van der Waals surface area contributed by atoms with E-state index in [0.717, 1.165) is 6.42 Å². The van der Waals surface area contributed by atoms with Crippen LogP contribution in [0.5, 0.6) is 0 Å². The molecule has 2 bridgehead atoms. The molecule has 0 unspecified atom stereocenters. The van der Waals surface area contributed by atoms with Crippen LogP contribution >= 0.6 is 23.2 Å². The number of amides is 2. The van der Waals surface area contributed by atoms with Gasteiger partial charge in [-0.1, -0.05) is 41.4 Å². The minimum absolute atomic E-state index is 0.160. The molecule has 0 radical (unpaired) electrons. The van der Waals surface area contributed by atoms with Gasteiger partial charge < -0.3 is 0 Å². The fourth-order valence-electron chi connectivity index (χ4n) is 3.83. The molecule has 0 aromatic heterocycles. The lowest BCUT2D eigenvalue weighted by atomic mass is 9.85. The second-order valence-electron chi connectivity index (χ2n) is 5.58. The van der Waals surface area contributed by atoms with Crippen LogP contribution in [-0.4, -0.2) is 11.8 Å². The van der Waals surface area contributed by atoms with Crippen LogP contribution in [0.15, 0.2) is 30.4 Å². The second-order valence-corrected chi connectivity index (χ2v) is 6.40. The van der Waals surface area contributed by atoms with Crippen LogP contribution in [0.4, 0.5) is 5.69 Å². The Morgan fingerprint density at radius 2 is 1.45 bits per heavy atom. The third kappa shape index (κ3) is 1.42. The molecule has 1 aromatic carbocycles. The van der Waals surface area contributed by atoms with Gasteiger partial charge in [-0.2, -0.15) is 0 Å². The molecule has 2 aliphatic carbocycles. The Balaban J connectivity index is 1.82. The van der Waals surface area contributed by atoms with E-state index in [4.69, 9.17) is 23.2 Å². The van der Waals surface area contributed by atoms with Gasteiger partial charge in [0.05, 0.1) is 27.6 Å². The molecule has 1 aliphatic heterocycles. The molecule has 0 spiro atoms. The van der Waals surface area contributed by atoms with E-state index >= 15 is 0 Å². The van der Waals surface area contributed by atoms with Crippen molar-refractivity contribution in [3.63, 3.8) is 0 Å². The average molecular weight is 308 g/mol. The van der Waals surface area contributed by atoms with Crippen molar-refractivity contribution in [3.05, 3.63) is 40.4 Å². The Kier molecular flexibility index (Phi) is 2.54. The molecule has 4 rings (SSSR count). The first-order valence-electron chi connectivity index (χ1n) is 6.59. The van der Waals surface area contributed by atoms with Gasteiger partial charge >= 0.3 is 0 Å². The van der Waals surface area contributed by atoms with Crippen molar-refractivity contribution >= 4 is 40.7 Å². The zero-order chi connectivity index (χ0) is 14.0. The number of hydrogen-bond acceptors (Lipinski definition) is 2. The van der Waals surface area contributed by atoms with Crippen LogP contribution < -0.4 is 4.90 Å². The summed E-state index contributed by atoms with van der Waals surface area (Å²) in [6.07, 6.45) is 5.04. The van der Waals surface area contributed by atoms with Crippen LogP contribution in [0.1, 0.15) is 6.42 Å². The lowest BCUT2D eigenvalue weighted by molar-refractivity contribution is -0.123. The molecule has 1 heterocycles. The van der Waals surface area contributed by atoms with Crippen molar-refractivity contribution in [2.45, 2.75) is 6.42 Å². The van der Waals surface area contributed by atoms with E-state index in [1.165, 1.54) is 4.90 Å². The maximum absolute atomic E-state index is 12.6. The van der Waals surface area contributed by atoms with E-state index in [1.54, 1.807) is 18.2 Å². The summed E-state index contributed by atoms with van der Waals surface area (Å²) in [7, 11) is 0. The van der Waals surface area contributed by atoms with Gasteiger partial charge in [0.2, 0.25) is 11.8 Å². The molecular formula is C15H11Cl2NO2. The van der Waals surface area contributed by atoms with Gasteiger partial charge in [-0.3, -0.25) is 9.59 Å². The van der Waals surface area contributed by atoms with Gasteiger partial charge in [0, 0.05) is 0 Å². The van der Waals surface area contributed by atoms with Gasteiger partial charge in [0.1, 0.15) is 0 Å². The summed E-state index contributed by atoms with van der Waals surface area (Å²) in [5.41, 5.74) is 0.333. The average Bonchev–Trinajstić information content (AvgIpc) is 3.07. The van der Waals surface area contributed by atoms with Crippen LogP contribution in [0.3, 0.4) is 0 Å². The SMILES string of the molecule is O=C1[C@@H]2[C@@H](C(=O)N1c1c(Cl)cccc1Cl)[C@H]1C=C[C@@H]2C1. The number of anilines is 1. The van der Waals surface area contributed by atoms with Crippen molar-refractivity contribution < 1.29 is 9.59 Å². The number of para-hydroxylation sites is 1. The Morgan fingerprint density at radius 3 is 1.95 bits per heavy atom. The van der Waals surface area contributed by atoms with E-state index in [0.29, 0.717) is 15.7 Å². The fourth-order valence-corrected chi connectivity index (χ4v) is 4.39. The van der Waals surface area contributed by atoms with Gasteiger partial charge in [0.15, 0.2) is 0 Å². The molecule has 4 atom stereocenters. The number of rotatable bonds is 1. The molecule has 2 amide bonds. The van der Waals surface area contributed by atoms with Crippen LogP contribution in [0, 0.1) is 23.7 Å². The normalized spacial score (nSPS) is 34.2. The Labute approximate surface area is 126 Å². The molecule has 0 N–H and O–H groups in total. The number of hydrogen-bond donors (Lipinski definition) is 0. The van der Waals surface area contributed by atoms with Crippen LogP contribution in [0.2, 0.25) is 10.0 Å². The highest BCUT2D eigenvalue weighted by molar-refractivity contribution is 6.42.